The van der Waals surface area contributed by atoms with Gasteiger partial charge in [0.15, 0.2) is 0 Å². The quantitative estimate of drug-likeness (QED) is 0.600. The summed E-state index contributed by atoms with van der Waals surface area (Å²) in [5, 5.41) is 12.7. The number of nitrogens with zero attached hydrogens (tertiary/aromatic N) is 4. The Labute approximate surface area is 149 Å². The van der Waals surface area contributed by atoms with Gasteiger partial charge in [-0.2, -0.15) is 5.10 Å². The Bertz CT molecular complexity index is 1020. The fourth-order valence-corrected chi connectivity index (χ4v) is 2.54. The number of nitrogens with one attached hydrogen (secondary N) is 1. The summed E-state index contributed by atoms with van der Waals surface area (Å²) < 4.78 is 7.54. The number of amides is 1. The summed E-state index contributed by atoms with van der Waals surface area (Å²) in [6.07, 6.45) is 6.67. The predicted molar refractivity (Wildman–Crippen MR) is 96.9 cm³/mol. The van der Waals surface area contributed by atoms with Crippen LogP contribution in [-0.2, 0) is 11.3 Å². The molecule has 1 N–H and O–H groups in total. The van der Waals surface area contributed by atoms with E-state index >= 15 is 0 Å². The fourth-order valence-electron chi connectivity index (χ4n) is 2.54. The van der Waals surface area contributed by atoms with Gasteiger partial charge in [0.05, 0.1) is 12.5 Å². The van der Waals surface area contributed by atoms with Crippen LogP contribution in [0.4, 0.5) is 5.69 Å². The lowest BCUT2D eigenvalue weighted by Gasteiger charge is -2.09. The monoisotopic (exact) mass is 345 g/mol. The second-order valence-electron chi connectivity index (χ2n) is 5.65. The fraction of sp³-hybridized carbons (Fsp3) is 0.0526. The van der Waals surface area contributed by atoms with E-state index in [4.69, 9.17) is 4.74 Å². The van der Waals surface area contributed by atoms with E-state index in [1.54, 1.807) is 53.8 Å². The van der Waals surface area contributed by atoms with E-state index < -0.39 is 0 Å². The van der Waals surface area contributed by atoms with Crippen molar-refractivity contribution in [3.05, 3.63) is 73.4 Å². The molecule has 0 aliphatic rings. The van der Waals surface area contributed by atoms with Gasteiger partial charge in [0.1, 0.15) is 12.3 Å². The van der Waals surface area contributed by atoms with Crippen LogP contribution >= 0.6 is 0 Å². The van der Waals surface area contributed by atoms with Crippen molar-refractivity contribution in [3.8, 4) is 11.6 Å². The van der Waals surface area contributed by atoms with Crippen LogP contribution in [0.15, 0.2) is 73.4 Å². The smallest absolute Gasteiger partial charge is 0.246 e. The van der Waals surface area contributed by atoms with Crippen LogP contribution in [0.25, 0.3) is 10.8 Å². The molecule has 0 saturated carbocycles. The van der Waals surface area contributed by atoms with Crippen LogP contribution in [-0.4, -0.2) is 25.7 Å². The van der Waals surface area contributed by atoms with E-state index in [-0.39, 0.29) is 12.5 Å². The van der Waals surface area contributed by atoms with Gasteiger partial charge in [0, 0.05) is 28.9 Å². The maximum Gasteiger partial charge on any atom is 0.246 e. The first-order valence-corrected chi connectivity index (χ1v) is 8.02. The highest BCUT2D eigenvalue weighted by Gasteiger charge is 2.07. The van der Waals surface area contributed by atoms with Crippen molar-refractivity contribution in [2.75, 3.05) is 5.32 Å². The highest BCUT2D eigenvalue weighted by Crippen LogP contribution is 2.27. The summed E-state index contributed by atoms with van der Waals surface area (Å²) in [6, 6.07) is 14.9. The van der Waals surface area contributed by atoms with E-state index in [1.165, 1.54) is 0 Å². The lowest BCUT2D eigenvalue weighted by Crippen LogP contribution is -2.17. The van der Waals surface area contributed by atoms with Gasteiger partial charge < -0.3 is 14.6 Å². The molecule has 0 spiro atoms. The number of benzene rings is 2. The van der Waals surface area contributed by atoms with Crippen LogP contribution in [0.2, 0.25) is 0 Å². The topological polar surface area (TPSA) is 81.9 Å². The van der Waals surface area contributed by atoms with E-state index in [9.17, 15) is 4.79 Å². The molecule has 2 aromatic carbocycles. The molecule has 2 aromatic heterocycles. The minimum Gasteiger partial charge on any atom is -0.437 e. The van der Waals surface area contributed by atoms with E-state index in [0.717, 1.165) is 10.8 Å². The number of hydrogen-bond acceptors (Lipinski definition) is 5. The van der Waals surface area contributed by atoms with Gasteiger partial charge in [-0.15, -0.1) is 5.10 Å². The maximum atomic E-state index is 12.0. The summed E-state index contributed by atoms with van der Waals surface area (Å²) in [6.45, 7) is 0.212. The largest absolute Gasteiger partial charge is 0.437 e. The molecule has 7 nitrogen and oxygen atoms in total. The lowest BCUT2D eigenvalue weighted by atomic mass is 10.2. The Kier molecular flexibility index (Phi) is 4.26. The third-order valence-corrected chi connectivity index (χ3v) is 3.77. The third-order valence-electron chi connectivity index (χ3n) is 3.77. The average Bonchev–Trinajstić information content (AvgIpc) is 3.16. The molecule has 0 atom stereocenters. The lowest BCUT2D eigenvalue weighted by molar-refractivity contribution is -0.116. The van der Waals surface area contributed by atoms with E-state index in [0.29, 0.717) is 17.3 Å². The van der Waals surface area contributed by atoms with Crippen LogP contribution in [0, 0.1) is 0 Å². The number of anilines is 1. The van der Waals surface area contributed by atoms with Gasteiger partial charge in [0.2, 0.25) is 11.8 Å². The van der Waals surface area contributed by atoms with Gasteiger partial charge in [-0.3, -0.25) is 4.79 Å². The van der Waals surface area contributed by atoms with E-state index in [2.05, 4.69) is 20.5 Å². The Balaban J connectivity index is 1.45. The van der Waals surface area contributed by atoms with Crippen molar-refractivity contribution in [2.24, 2.45) is 0 Å². The predicted octanol–water partition coefficient (Wildman–Crippen LogP) is 3.26. The van der Waals surface area contributed by atoms with Gasteiger partial charge >= 0.3 is 0 Å². The second-order valence-corrected chi connectivity index (χ2v) is 5.65. The number of carbonyl (C=O) groups is 1. The Morgan fingerprint density at radius 3 is 2.77 bits per heavy atom. The number of carbonyl (C=O) groups excluding carboxylic acids is 1. The second kappa shape index (κ2) is 7.02. The molecule has 0 unspecified atom stereocenters. The summed E-state index contributed by atoms with van der Waals surface area (Å²) >= 11 is 0. The first-order chi connectivity index (χ1) is 12.8. The first-order valence-electron chi connectivity index (χ1n) is 8.02. The molecule has 4 rings (SSSR count). The summed E-state index contributed by atoms with van der Waals surface area (Å²) in [5.41, 5.74) is 0.687. The minimum absolute atomic E-state index is 0.128. The number of fused-ring (bicyclic) bond motifs is 1. The van der Waals surface area contributed by atoms with Crippen molar-refractivity contribution in [3.63, 3.8) is 0 Å². The van der Waals surface area contributed by atoms with Crippen LogP contribution in [0.5, 0.6) is 11.6 Å². The Hall–Kier alpha value is -3.74. The standard InChI is InChI=1S/C19H15N5O2/c25-18(12-24-10-9-20-13-24)22-15-5-7-16(8-6-15)26-19-17-4-2-1-3-14(17)11-21-23-19/h1-11,13H,12H2,(H,22,25). The van der Waals surface area contributed by atoms with Crippen LogP contribution in [0.3, 0.4) is 0 Å². The highest BCUT2D eigenvalue weighted by atomic mass is 16.5. The van der Waals surface area contributed by atoms with Gasteiger partial charge in [-0.05, 0) is 30.3 Å². The molecule has 7 heteroatoms. The first kappa shape index (κ1) is 15.8. The SMILES string of the molecule is O=C(Cn1ccnc1)Nc1ccc(Oc2nncc3ccccc23)cc1. The van der Waals surface area contributed by atoms with Crippen molar-refractivity contribution >= 4 is 22.4 Å². The van der Waals surface area contributed by atoms with Gasteiger partial charge in [0.25, 0.3) is 0 Å². The van der Waals surface area contributed by atoms with Crippen molar-refractivity contribution in [1.82, 2.24) is 19.7 Å². The summed E-state index contributed by atoms with van der Waals surface area (Å²) in [5.74, 6) is 0.930. The molecule has 2 heterocycles. The zero-order chi connectivity index (χ0) is 17.8. The van der Waals surface area contributed by atoms with E-state index in [1.807, 2.05) is 24.3 Å². The highest BCUT2D eigenvalue weighted by molar-refractivity contribution is 5.90. The van der Waals surface area contributed by atoms with Crippen molar-refractivity contribution in [1.29, 1.82) is 0 Å². The zero-order valence-electron chi connectivity index (χ0n) is 13.7. The van der Waals surface area contributed by atoms with Crippen molar-refractivity contribution < 1.29 is 9.53 Å². The molecule has 0 saturated heterocycles. The molecule has 0 aliphatic carbocycles. The number of ether oxygens (including phenoxy) is 1. The van der Waals surface area contributed by atoms with Crippen molar-refractivity contribution in [2.45, 2.75) is 6.54 Å². The molecule has 4 aromatic rings. The number of aromatic nitrogens is 4. The summed E-state index contributed by atoms with van der Waals surface area (Å²) in [4.78, 5) is 15.9. The summed E-state index contributed by atoms with van der Waals surface area (Å²) in [7, 11) is 0. The number of imidazole rings is 1. The van der Waals surface area contributed by atoms with Crippen LogP contribution in [0.1, 0.15) is 0 Å². The molecular weight excluding hydrogens is 330 g/mol. The normalized spacial score (nSPS) is 10.6. The van der Waals surface area contributed by atoms with Gasteiger partial charge in [-0.1, -0.05) is 18.2 Å². The molecular formula is C19H15N5O2. The Morgan fingerprint density at radius 1 is 1.12 bits per heavy atom. The molecule has 0 radical (unpaired) electrons. The van der Waals surface area contributed by atoms with Crippen LogP contribution < -0.4 is 10.1 Å². The molecule has 0 aliphatic heterocycles. The number of hydrogen-bond donors (Lipinski definition) is 1. The maximum absolute atomic E-state index is 12.0. The molecule has 128 valence electrons. The Morgan fingerprint density at radius 2 is 1.96 bits per heavy atom. The van der Waals surface area contributed by atoms with Gasteiger partial charge in [-0.25, -0.2) is 4.98 Å². The third kappa shape index (κ3) is 3.51. The molecule has 0 fully saturated rings. The zero-order valence-corrected chi connectivity index (χ0v) is 13.7. The number of rotatable bonds is 5. The minimum atomic E-state index is -0.128. The molecule has 0 bridgehead atoms. The molecule has 26 heavy (non-hydrogen) atoms. The molecule has 1 amide bonds. The average molecular weight is 345 g/mol.